The third-order valence-electron chi connectivity index (χ3n) is 1.82. The maximum absolute atomic E-state index is 11.5. The van der Waals surface area contributed by atoms with Crippen LogP contribution in [-0.2, 0) is 26.0 Å². The molecule has 0 aliphatic rings. The van der Waals surface area contributed by atoms with Crippen molar-refractivity contribution >= 4 is 32.5 Å². The molecular formula is C9H14N2O4S2. The monoisotopic (exact) mass is 278 g/mol. The average molecular weight is 278 g/mol. The van der Waals surface area contributed by atoms with Crippen molar-refractivity contribution in [2.45, 2.75) is 19.8 Å². The van der Waals surface area contributed by atoms with Gasteiger partial charge in [-0.15, -0.1) is 11.3 Å². The molecule has 1 heterocycles. The Balaban J connectivity index is 2.66. The molecule has 0 aromatic carbocycles. The second-order valence-corrected chi connectivity index (χ2v) is 6.02. The highest BCUT2D eigenvalue weighted by Gasteiger charge is 2.13. The van der Waals surface area contributed by atoms with Crippen LogP contribution in [-0.4, -0.2) is 32.2 Å². The van der Waals surface area contributed by atoms with E-state index in [1.807, 2.05) is 0 Å². The van der Waals surface area contributed by atoms with E-state index in [9.17, 15) is 13.2 Å². The molecule has 0 atom stereocenters. The second-order valence-electron chi connectivity index (χ2n) is 3.32. The van der Waals surface area contributed by atoms with Gasteiger partial charge in [0.25, 0.3) is 0 Å². The lowest BCUT2D eigenvalue weighted by Crippen LogP contribution is -2.16. The van der Waals surface area contributed by atoms with Gasteiger partial charge in [0.05, 0.1) is 25.0 Å². The van der Waals surface area contributed by atoms with E-state index in [1.165, 1.54) is 7.11 Å². The summed E-state index contributed by atoms with van der Waals surface area (Å²) in [5.41, 5.74) is 0.496. The van der Waals surface area contributed by atoms with Crippen molar-refractivity contribution < 1.29 is 17.9 Å². The lowest BCUT2D eigenvalue weighted by molar-refractivity contribution is -0.139. The number of nitrogens with one attached hydrogen (secondary N) is 1. The van der Waals surface area contributed by atoms with Crippen molar-refractivity contribution in [3.63, 3.8) is 0 Å². The highest BCUT2D eigenvalue weighted by molar-refractivity contribution is 7.92. The summed E-state index contributed by atoms with van der Waals surface area (Å²) in [5.74, 6) is -0.350. The van der Waals surface area contributed by atoms with E-state index >= 15 is 0 Å². The number of hydrogen-bond acceptors (Lipinski definition) is 6. The number of sulfonamides is 1. The molecule has 17 heavy (non-hydrogen) atoms. The van der Waals surface area contributed by atoms with E-state index in [0.717, 1.165) is 11.3 Å². The van der Waals surface area contributed by atoms with Crippen LogP contribution in [0.5, 0.6) is 0 Å². The summed E-state index contributed by atoms with van der Waals surface area (Å²) in [6.07, 6.45) is 0.582. The molecule has 8 heteroatoms. The summed E-state index contributed by atoms with van der Waals surface area (Å²) in [5, 5.41) is 1.90. The van der Waals surface area contributed by atoms with Crippen molar-refractivity contribution in [2.75, 3.05) is 17.6 Å². The highest BCUT2D eigenvalue weighted by atomic mass is 32.2. The molecule has 1 aromatic heterocycles. The Morgan fingerprint density at radius 1 is 1.59 bits per heavy atom. The van der Waals surface area contributed by atoms with Gasteiger partial charge in [0.15, 0.2) is 5.13 Å². The predicted molar refractivity (Wildman–Crippen MR) is 65.5 cm³/mol. The van der Waals surface area contributed by atoms with Crippen LogP contribution in [0.2, 0.25) is 0 Å². The first-order valence-electron chi connectivity index (χ1n) is 4.98. The quantitative estimate of drug-likeness (QED) is 0.785. The fourth-order valence-electron chi connectivity index (χ4n) is 1.11. The molecule has 0 aliphatic carbocycles. The van der Waals surface area contributed by atoms with Crippen LogP contribution < -0.4 is 4.72 Å². The van der Waals surface area contributed by atoms with Crippen molar-refractivity contribution in [2.24, 2.45) is 0 Å². The number of aromatic nitrogens is 1. The molecule has 1 aromatic rings. The number of nitrogens with zero attached hydrogens (tertiary/aromatic N) is 1. The molecule has 0 spiro atoms. The average Bonchev–Trinajstić information content (AvgIpc) is 2.64. The van der Waals surface area contributed by atoms with Gasteiger partial charge in [-0.1, -0.05) is 6.92 Å². The third-order valence-corrected chi connectivity index (χ3v) is 4.21. The van der Waals surface area contributed by atoms with Gasteiger partial charge in [0.1, 0.15) is 0 Å². The van der Waals surface area contributed by atoms with Gasteiger partial charge in [-0.3, -0.25) is 9.52 Å². The van der Waals surface area contributed by atoms with Gasteiger partial charge in [0, 0.05) is 5.38 Å². The molecule has 1 rings (SSSR count). The number of anilines is 1. The number of ether oxygens (including phenoxy) is 1. The van der Waals surface area contributed by atoms with Crippen LogP contribution in [0, 0.1) is 0 Å². The molecule has 0 bridgehead atoms. The Kier molecular flexibility index (Phi) is 4.88. The van der Waals surface area contributed by atoms with E-state index in [0.29, 0.717) is 12.1 Å². The van der Waals surface area contributed by atoms with Crippen molar-refractivity contribution in [3.8, 4) is 0 Å². The molecule has 0 unspecified atom stereocenters. The molecule has 1 N–H and O–H groups in total. The molecular weight excluding hydrogens is 264 g/mol. The number of esters is 1. The molecule has 0 saturated carbocycles. The smallest absolute Gasteiger partial charge is 0.311 e. The lowest BCUT2D eigenvalue weighted by Gasteiger charge is -2.02. The van der Waals surface area contributed by atoms with E-state index in [1.54, 1.807) is 12.3 Å². The number of carbonyl (C=O) groups is 1. The first kappa shape index (κ1) is 13.9. The standard InChI is InChI=1S/C9H14N2O4S2/c1-3-4-17(13,14)11-9-10-7(6-16-9)5-8(12)15-2/h6H,3-5H2,1-2H3,(H,10,11). The summed E-state index contributed by atoms with van der Waals surface area (Å²) in [6.45, 7) is 1.78. The van der Waals surface area contributed by atoms with Crippen LogP contribution in [0.15, 0.2) is 5.38 Å². The fraction of sp³-hybridized carbons (Fsp3) is 0.556. The minimum absolute atomic E-state index is 0.0442. The Bertz CT molecular complexity index is 481. The molecule has 0 saturated heterocycles. The fourth-order valence-corrected chi connectivity index (χ4v) is 3.19. The van der Waals surface area contributed by atoms with Crippen LogP contribution in [0.4, 0.5) is 5.13 Å². The van der Waals surface area contributed by atoms with E-state index in [4.69, 9.17) is 0 Å². The van der Waals surface area contributed by atoms with Crippen LogP contribution in [0.25, 0.3) is 0 Å². The first-order valence-corrected chi connectivity index (χ1v) is 7.51. The summed E-state index contributed by atoms with van der Waals surface area (Å²) in [6, 6.07) is 0. The maximum atomic E-state index is 11.5. The Morgan fingerprint density at radius 2 is 2.29 bits per heavy atom. The predicted octanol–water partition coefficient (Wildman–Crippen LogP) is 1.01. The number of hydrogen-bond donors (Lipinski definition) is 1. The second kappa shape index (κ2) is 5.97. The van der Waals surface area contributed by atoms with Crippen molar-refractivity contribution in [1.29, 1.82) is 0 Å². The number of carbonyl (C=O) groups excluding carboxylic acids is 1. The number of methoxy groups -OCH3 is 1. The summed E-state index contributed by atoms with van der Waals surface area (Å²) < 4.78 is 29.8. The van der Waals surface area contributed by atoms with E-state index in [-0.39, 0.29) is 17.3 Å². The minimum Gasteiger partial charge on any atom is -0.469 e. The molecule has 0 radical (unpaired) electrons. The van der Waals surface area contributed by atoms with Gasteiger partial charge in [-0.05, 0) is 6.42 Å². The molecule has 6 nitrogen and oxygen atoms in total. The molecule has 0 aliphatic heterocycles. The van der Waals surface area contributed by atoms with Gasteiger partial charge in [-0.25, -0.2) is 13.4 Å². The van der Waals surface area contributed by atoms with Crippen LogP contribution in [0.1, 0.15) is 19.0 Å². The van der Waals surface area contributed by atoms with E-state index < -0.39 is 16.0 Å². The summed E-state index contributed by atoms with van der Waals surface area (Å²) >= 11 is 1.15. The van der Waals surface area contributed by atoms with E-state index in [2.05, 4.69) is 14.4 Å². The number of thiazole rings is 1. The zero-order valence-electron chi connectivity index (χ0n) is 9.60. The Morgan fingerprint density at radius 3 is 2.88 bits per heavy atom. The van der Waals surface area contributed by atoms with Gasteiger partial charge >= 0.3 is 5.97 Å². The zero-order valence-corrected chi connectivity index (χ0v) is 11.2. The third kappa shape index (κ3) is 4.70. The van der Waals surface area contributed by atoms with Gasteiger partial charge in [0.2, 0.25) is 10.0 Å². The summed E-state index contributed by atoms with van der Waals surface area (Å²) in [4.78, 5) is 15.0. The van der Waals surface area contributed by atoms with Gasteiger partial charge < -0.3 is 4.74 Å². The highest BCUT2D eigenvalue weighted by Crippen LogP contribution is 2.17. The minimum atomic E-state index is -3.32. The Labute approximate surface area is 104 Å². The van der Waals surface area contributed by atoms with Crippen molar-refractivity contribution in [1.82, 2.24) is 4.98 Å². The maximum Gasteiger partial charge on any atom is 0.311 e. The molecule has 0 fully saturated rings. The topological polar surface area (TPSA) is 85.4 Å². The molecule has 96 valence electrons. The first-order chi connectivity index (χ1) is 7.96. The summed E-state index contributed by atoms with van der Waals surface area (Å²) in [7, 11) is -2.03. The lowest BCUT2D eigenvalue weighted by atomic mass is 10.3. The van der Waals surface area contributed by atoms with Gasteiger partial charge in [-0.2, -0.15) is 0 Å². The normalized spacial score (nSPS) is 11.2. The number of rotatable bonds is 6. The zero-order chi connectivity index (χ0) is 12.9. The Hall–Kier alpha value is -1.15. The van der Waals surface area contributed by atoms with Crippen LogP contribution >= 0.6 is 11.3 Å². The van der Waals surface area contributed by atoms with Crippen molar-refractivity contribution in [3.05, 3.63) is 11.1 Å². The largest absolute Gasteiger partial charge is 0.469 e. The molecule has 0 amide bonds. The van der Waals surface area contributed by atoms with Crippen LogP contribution in [0.3, 0.4) is 0 Å². The SMILES string of the molecule is CCCS(=O)(=O)Nc1nc(CC(=O)OC)cs1.